The second-order valence-electron chi connectivity index (χ2n) is 5.49. The first-order chi connectivity index (χ1) is 8.72. The second kappa shape index (κ2) is 4.88. The van der Waals surface area contributed by atoms with E-state index >= 15 is 0 Å². The number of carboxylic acids is 1. The molecule has 19 heavy (non-hydrogen) atoms. The summed E-state index contributed by atoms with van der Waals surface area (Å²) >= 11 is 0.812. The number of carbonyl (C=O) groups is 1. The summed E-state index contributed by atoms with van der Waals surface area (Å²) in [6.45, 7) is 5.25. The van der Waals surface area contributed by atoms with Crippen molar-refractivity contribution in [2.45, 2.75) is 30.9 Å². The maximum atomic E-state index is 12.4. The number of thiophene rings is 1. The lowest BCUT2D eigenvalue weighted by atomic mass is 9.83. The van der Waals surface area contributed by atoms with Gasteiger partial charge in [-0.2, -0.15) is 4.31 Å². The van der Waals surface area contributed by atoms with E-state index in [-0.39, 0.29) is 14.5 Å². The van der Waals surface area contributed by atoms with Crippen molar-refractivity contribution >= 4 is 27.3 Å². The van der Waals surface area contributed by atoms with Gasteiger partial charge in [0.05, 0.1) is 0 Å². The fourth-order valence-electron chi connectivity index (χ4n) is 2.03. The SMILES string of the molecule is CC1(C)CCN(S(=O)(=O)c2ccc(C(=O)O)s2)CC1. The van der Waals surface area contributed by atoms with Crippen molar-refractivity contribution in [3.8, 4) is 0 Å². The molecule has 2 heterocycles. The van der Waals surface area contributed by atoms with Crippen LogP contribution in [-0.2, 0) is 10.0 Å². The number of hydrogen-bond acceptors (Lipinski definition) is 4. The highest BCUT2D eigenvalue weighted by molar-refractivity contribution is 7.91. The van der Waals surface area contributed by atoms with Crippen LogP contribution >= 0.6 is 11.3 Å². The molecular formula is C12H17NO4S2. The minimum absolute atomic E-state index is 0.0518. The number of rotatable bonds is 3. The lowest BCUT2D eigenvalue weighted by molar-refractivity contribution is 0.0702. The van der Waals surface area contributed by atoms with Crippen LogP contribution in [-0.4, -0.2) is 36.9 Å². The highest BCUT2D eigenvalue weighted by atomic mass is 32.2. The lowest BCUT2D eigenvalue weighted by Crippen LogP contribution is -2.40. The quantitative estimate of drug-likeness (QED) is 0.929. The molecule has 0 saturated carbocycles. The van der Waals surface area contributed by atoms with Gasteiger partial charge in [0.1, 0.15) is 9.09 Å². The summed E-state index contributed by atoms with van der Waals surface area (Å²) in [5.41, 5.74) is 0.174. The standard InChI is InChI=1S/C12H17NO4S2/c1-12(2)5-7-13(8-6-12)19(16,17)10-4-3-9(18-10)11(14)15/h3-4H,5-8H2,1-2H3,(H,14,15). The molecule has 0 atom stereocenters. The van der Waals surface area contributed by atoms with Gasteiger partial charge in [0, 0.05) is 13.1 Å². The molecule has 1 N–H and O–H groups in total. The summed E-state index contributed by atoms with van der Waals surface area (Å²) in [6, 6.07) is 2.72. The first kappa shape index (κ1) is 14.5. The van der Waals surface area contributed by atoms with Crippen LogP contribution in [0.5, 0.6) is 0 Å². The molecular weight excluding hydrogens is 286 g/mol. The molecule has 106 valence electrons. The smallest absolute Gasteiger partial charge is 0.345 e. The van der Waals surface area contributed by atoms with Gasteiger partial charge in [-0.25, -0.2) is 13.2 Å². The summed E-state index contributed by atoms with van der Waals surface area (Å²) in [5, 5.41) is 8.84. The van der Waals surface area contributed by atoms with Gasteiger partial charge in [-0.1, -0.05) is 13.8 Å². The third-order valence-corrected chi connectivity index (χ3v) is 6.90. The lowest BCUT2D eigenvalue weighted by Gasteiger charge is -2.35. The number of aromatic carboxylic acids is 1. The largest absolute Gasteiger partial charge is 0.477 e. The Morgan fingerprint density at radius 1 is 1.32 bits per heavy atom. The van der Waals surface area contributed by atoms with Gasteiger partial charge in [0.15, 0.2) is 0 Å². The molecule has 0 radical (unpaired) electrons. The van der Waals surface area contributed by atoms with Crippen molar-refractivity contribution < 1.29 is 18.3 Å². The highest BCUT2D eigenvalue weighted by Gasteiger charge is 2.33. The average molecular weight is 303 g/mol. The Bertz CT molecular complexity index is 579. The van der Waals surface area contributed by atoms with Crippen molar-refractivity contribution in [3.63, 3.8) is 0 Å². The molecule has 1 aliphatic heterocycles. The van der Waals surface area contributed by atoms with E-state index in [2.05, 4.69) is 13.8 Å². The first-order valence-electron chi connectivity index (χ1n) is 6.06. The summed E-state index contributed by atoms with van der Waals surface area (Å²) in [7, 11) is -3.54. The fourth-order valence-corrected chi connectivity index (χ4v) is 4.77. The normalized spacial score (nSPS) is 20.3. The monoisotopic (exact) mass is 303 g/mol. The van der Waals surface area contributed by atoms with Gasteiger partial charge in [-0.05, 0) is 30.4 Å². The third kappa shape index (κ3) is 2.98. The van der Waals surface area contributed by atoms with Crippen LogP contribution in [0, 0.1) is 5.41 Å². The third-order valence-electron chi connectivity index (χ3n) is 3.46. The highest BCUT2D eigenvalue weighted by Crippen LogP contribution is 2.33. The Labute approximate surface area is 116 Å². The maximum absolute atomic E-state index is 12.4. The first-order valence-corrected chi connectivity index (χ1v) is 8.31. The van der Waals surface area contributed by atoms with Gasteiger partial charge >= 0.3 is 5.97 Å². The second-order valence-corrected chi connectivity index (χ2v) is 8.74. The number of piperidine rings is 1. The maximum Gasteiger partial charge on any atom is 0.345 e. The Hall–Kier alpha value is -0.920. The average Bonchev–Trinajstić information content (AvgIpc) is 2.78. The minimum Gasteiger partial charge on any atom is -0.477 e. The number of sulfonamides is 1. The molecule has 1 aromatic rings. The summed E-state index contributed by atoms with van der Waals surface area (Å²) < 4.78 is 26.3. The summed E-state index contributed by atoms with van der Waals surface area (Å²) in [4.78, 5) is 10.9. The van der Waals surface area contributed by atoms with Crippen molar-refractivity contribution in [3.05, 3.63) is 17.0 Å². The van der Waals surface area contributed by atoms with Crippen LogP contribution in [0.4, 0.5) is 0 Å². The molecule has 2 rings (SSSR count). The van der Waals surface area contributed by atoms with Gasteiger partial charge < -0.3 is 5.11 Å². The van der Waals surface area contributed by atoms with Crippen molar-refractivity contribution in [1.82, 2.24) is 4.31 Å². The van der Waals surface area contributed by atoms with Gasteiger partial charge in [0.25, 0.3) is 10.0 Å². The number of hydrogen-bond donors (Lipinski definition) is 1. The van der Waals surface area contributed by atoms with E-state index in [0.29, 0.717) is 13.1 Å². The van der Waals surface area contributed by atoms with E-state index in [0.717, 1.165) is 24.2 Å². The zero-order valence-electron chi connectivity index (χ0n) is 10.9. The Morgan fingerprint density at radius 3 is 2.37 bits per heavy atom. The van der Waals surface area contributed by atoms with E-state index in [1.54, 1.807) is 0 Å². The molecule has 0 aliphatic carbocycles. The minimum atomic E-state index is -3.54. The Kier molecular flexibility index (Phi) is 3.72. The van der Waals surface area contributed by atoms with E-state index < -0.39 is 16.0 Å². The summed E-state index contributed by atoms with van der Waals surface area (Å²) in [5.74, 6) is -1.09. The van der Waals surface area contributed by atoms with Gasteiger partial charge in [0.2, 0.25) is 0 Å². The fraction of sp³-hybridized carbons (Fsp3) is 0.583. The molecule has 0 amide bonds. The molecule has 0 unspecified atom stereocenters. The molecule has 0 bridgehead atoms. The molecule has 1 aromatic heterocycles. The van der Waals surface area contributed by atoms with Crippen LogP contribution in [0.1, 0.15) is 36.4 Å². The van der Waals surface area contributed by atoms with Gasteiger partial charge in [-0.3, -0.25) is 0 Å². The molecule has 0 aromatic carbocycles. The topological polar surface area (TPSA) is 74.7 Å². The predicted octanol–water partition coefficient (Wildman–Crippen LogP) is 2.26. The van der Waals surface area contributed by atoms with Crippen molar-refractivity contribution in [2.24, 2.45) is 5.41 Å². The molecule has 5 nitrogen and oxygen atoms in total. The Morgan fingerprint density at radius 2 is 1.89 bits per heavy atom. The molecule has 1 aliphatic rings. The molecule has 1 fully saturated rings. The van der Waals surface area contributed by atoms with Crippen LogP contribution in [0.2, 0.25) is 0 Å². The van der Waals surface area contributed by atoms with Crippen molar-refractivity contribution in [1.29, 1.82) is 0 Å². The zero-order chi connectivity index (χ0) is 14.3. The van der Waals surface area contributed by atoms with Crippen LogP contribution in [0.25, 0.3) is 0 Å². The van der Waals surface area contributed by atoms with Crippen LogP contribution < -0.4 is 0 Å². The van der Waals surface area contributed by atoms with E-state index in [4.69, 9.17) is 5.11 Å². The number of carboxylic acid groups (broad SMARTS) is 1. The zero-order valence-corrected chi connectivity index (χ0v) is 12.6. The van der Waals surface area contributed by atoms with E-state index in [9.17, 15) is 13.2 Å². The molecule has 0 spiro atoms. The van der Waals surface area contributed by atoms with Gasteiger partial charge in [-0.15, -0.1) is 11.3 Å². The van der Waals surface area contributed by atoms with E-state index in [1.165, 1.54) is 16.4 Å². The summed E-state index contributed by atoms with van der Waals surface area (Å²) in [6.07, 6.45) is 1.65. The molecule has 1 saturated heterocycles. The van der Waals surface area contributed by atoms with Crippen molar-refractivity contribution in [2.75, 3.05) is 13.1 Å². The van der Waals surface area contributed by atoms with Crippen LogP contribution in [0.15, 0.2) is 16.3 Å². The number of nitrogens with zero attached hydrogens (tertiary/aromatic N) is 1. The Balaban J connectivity index is 2.20. The van der Waals surface area contributed by atoms with E-state index in [1.807, 2.05) is 0 Å². The van der Waals surface area contributed by atoms with Crippen LogP contribution in [0.3, 0.4) is 0 Å². The molecule has 7 heteroatoms. The predicted molar refractivity (Wildman–Crippen MR) is 73.1 cm³/mol.